The number of nitrogens with one attached hydrogen (secondary N) is 2. The van der Waals surface area contributed by atoms with Gasteiger partial charge in [0.25, 0.3) is 0 Å². The predicted octanol–water partition coefficient (Wildman–Crippen LogP) is 3.14. The van der Waals surface area contributed by atoms with Crippen LogP contribution in [0.2, 0.25) is 0 Å². The maximum absolute atomic E-state index is 12.0. The summed E-state index contributed by atoms with van der Waals surface area (Å²) in [5.74, 6) is 1.92. The molecule has 2 saturated heterocycles. The third-order valence-electron chi connectivity index (χ3n) is 5.61. The van der Waals surface area contributed by atoms with Crippen LogP contribution in [-0.4, -0.2) is 66.8 Å². The van der Waals surface area contributed by atoms with E-state index >= 15 is 0 Å². The number of pyridine rings is 1. The van der Waals surface area contributed by atoms with Crippen LogP contribution in [-0.2, 0) is 11.3 Å². The van der Waals surface area contributed by atoms with Crippen molar-refractivity contribution >= 4 is 17.9 Å². The molecule has 2 aliphatic heterocycles. The summed E-state index contributed by atoms with van der Waals surface area (Å²) in [5, 5.41) is 6.44. The summed E-state index contributed by atoms with van der Waals surface area (Å²) in [6.45, 7) is 10.0. The van der Waals surface area contributed by atoms with Gasteiger partial charge in [-0.15, -0.1) is 0 Å². The van der Waals surface area contributed by atoms with Gasteiger partial charge < -0.3 is 25.2 Å². The second-order valence-corrected chi connectivity index (χ2v) is 9.40. The Hall–Kier alpha value is -2.51. The first kappa shape index (κ1) is 23.2. The minimum absolute atomic E-state index is 0.0592. The average molecular weight is 431 g/mol. The Kier molecular flexibility index (Phi) is 7.98. The number of guanidine groups is 1. The van der Waals surface area contributed by atoms with Crippen molar-refractivity contribution in [2.75, 3.05) is 38.1 Å². The second kappa shape index (κ2) is 10.7. The van der Waals surface area contributed by atoms with E-state index in [1.54, 1.807) is 7.05 Å². The fraction of sp³-hybridized carbons (Fsp3) is 0.696. The van der Waals surface area contributed by atoms with Crippen LogP contribution in [0.15, 0.2) is 23.3 Å². The minimum atomic E-state index is -0.489. The molecule has 8 heteroatoms. The van der Waals surface area contributed by atoms with Crippen LogP contribution in [0.5, 0.6) is 0 Å². The third-order valence-corrected chi connectivity index (χ3v) is 5.61. The minimum Gasteiger partial charge on any atom is -0.444 e. The smallest absolute Gasteiger partial charge is 0.407 e. The molecule has 1 unspecified atom stereocenters. The first-order chi connectivity index (χ1) is 14.8. The van der Waals surface area contributed by atoms with E-state index in [2.05, 4.69) is 42.5 Å². The lowest BCUT2D eigenvalue weighted by Crippen LogP contribution is -2.44. The number of ether oxygens (including phenoxy) is 1. The Morgan fingerprint density at radius 3 is 2.65 bits per heavy atom. The number of alkyl carbamates (subject to hydrolysis) is 1. The van der Waals surface area contributed by atoms with Gasteiger partial charge in [-0.05, 0) is 57.7 Å². The topological polar surface area (TPSA) is 82.1 Å². The predicted molar refractivity (Wildman–Crippen MR) is 124 cm³/mol. The molecule has 1 atom stereocenters. The van der Waals surface area contributed by atoms with E-state index in [4.69, 9.17) is 4.74 Å². The van der Waals surface area contributed by atoms with Gasteiger partial charge in [-0.2, -0.15) is 0 Å². The van der Waals surface area contributed by atoms with Crippen molar-refractivity contribution in [3.05, 3.63) is 23.9 Å². The van der Waals surface area contributed by atoms with Crippen LogP contribution >= 0.6 is 0 Å². The summed E-state index contributed by atoms with van der Waals surface area (Å²) in [6, 6.07) is 4.30. The number of nitrogens with zero attached hydrogens (tertiary/aromatic N) is 4. The highest BCUT2D eigenvalue weighted by Gasteiger charge is 2.27. The van der Waals surface area contributed by atoms with E-state index in [-0.39, 0.29) is 12.1 Å². The van der Waals surface area contributed by atoms with E-state index in [1.807, 2.05) is 27.0 Å². The first-order valence-corrected chi connectivity index (χ1v) is 11.5. The molecule has 0 bridgehead atoms. The zero-order valence-electron chi connectivity index (χ0n) is 19.5. The normalized spacial score (nSPS) is 20.4. The Balaban J connectivity index is 1.51. The zero-order valence-corrected chi connectivity index (χ0v) is 19.5. The van der Waals surface area contributed by atoms with Crippen molar-refractivity contribution in [2.24, 2.45) is 4.99 Å². The number of hydrogen-bond acceptors (Lipinski definition) is 5. The standard InChI is InChI=1S/C23H38N6O2/c1-23(2,3)31-22(30)27-19-10-14-29(17-19)21(24-4)26-16-18-9-11-25-20(15-18)28-12-7-5-6-8-13-28/h9,11,15,19H,5-8,10,12-14,16-17H2,1-4H3,(H,24,26)(H,27,30). The van der Waals surface area contributed by atoms with Gasteiger partial charge >= 0.3 is 6.09 Å². The molecule has 8 nitrogen and oxygen atoms in total. The SMILES string of the molecule is CN=C(NCc1ccnc(N2CCCCCC2)c1)N1CCC(NC(=O)OC(C)(C)C)C1. The first-order valence-electron chi connectivity index (χ1n) is 11.5. The zero-order chi connectivity index (χ0) is 22.3. The Labute approximate surface area is 186 Å². The summed E-state index contributed by atoms with van der Waals surface area (Å²) in [5.41, 5.74) is 0.703. The van der Waals surface area contributed by atoms with Crippen LogP contribution in [0.4, 0.5) is 10.6 Å². The number of likely N-dealkylation sites (tertiary alicyclic amines) is 1. The van der Waals surface area contributed by atoms with Crippen LogP contribution in [0.1, 0.15) is 58.4 Å². The Bertz CT molecular complexity index is 753. The van der Waals surface area contributed by atoms with Crippen LogP contribution in [0.25, 0.3) is 0 Å². The molecule has 0 saturated carbocycles. The molecule has 172 valence electrons. The molecular weight excluding hydrogens is 392 g/mol. The number of carbonyl (C=O) groups is 1. The number of carbonyl (C=O) groups excluding carboxylic acids is 1. The van der Waals surface area contributed by atoms with Crippen molar-refractivity contribution in [3.63, 3.8) is 0 Å². The monoisotopic (exact) mass is 430 g/mol. The number of aromatic nitrogens is 1. The van der Waals surface area contributed by atoms with Gasteiger partial charge in [0.15, 0.2) is 5.96 Å². The van der Waals surface area contributed by atoms with E-state index in [1.165, 1.54) is 31.2 Å². The number of rotatable bonds is 4. The maximum atomic E-state index is 12.0. The molecule has 2 N–H and O–H groups in total. The number of hydrogen-bond donors (Lipinski definition) is 2. The fourth-order valence-corrected chi connectivity index (χ4v) is 4.10. The van der Waals surface area contributed by atoms with Crippen molar-refractivity contribution in [2.45, 2.75) is 71.1 Å². The van der Waals surface area contributed by atoms with E-state index in [0.29, 0.717) is 13.1 Å². The van der Waals surface area contributed by atoms with Gasteiger partial charge in [-0.25, -0.2) is 9.78 Å². The fourth-order valence-electron chi connectivity index (χ4n) is 4.10. The molecule has 3 rings (SSSR count). The van der Waals surface area contributed by atoms with Crippen LogP contribution in [0, 0.1) is 0 Å². The summed E-state index contributed by atoms with van der Waals surface area (Å²) in [4.78, 5) is 25.7. The van der Waals surface area contributed by atoms with Gasteiger partial charge in [-0.3, -0.25) is 4.99 Å². The number of anilines is 1. The molecule has 2 aliphatic rings. The number of amides is 1. The second-order valence-electron chi connectivity index (χ2n) is 9.40. The highest BCUT2D eigenvalue weighted by Crippen LogP contribution is 2.18. The molecule has 3 heterocycles. The third kappa shape index (κ3) is 7.29. The quantitative estimate of drug-likeness (QED) is 0.564. The van der Waals surface area contributed by atoms with Crippen molar-refractivity contribution in [1.82, 2.24) is 20.5 Å². The largest absolute Gasteiger partial charge is 0.444 e. The average Bonchev–Trinajstić information content (AvgIpc) is 2.99. The number of aliphatic imine (C=N–C) groups is 1. The molecule has 2 fully saturated rings. The van der Waals surface area contributed by atoms with Crippen LogP contribution in [0.3, 0.4) is 0 Å². The molecule has 0 aromatic carbocycles. The molecule has 0 radical (unpaired) electrons. The van der Waals surface area contributed by atoms with Crippen molar-refractivity contribution < 1.29 is 9.53 Å². The van der Waals surface area contributed by atoms with Crippen molar-refractivity contribution in [3.8, 4) is 0 Å². The van der Waals surface area contributed by atoms with E-state index < -0.39 is 5.60 Å². The summed E-state index contributed by atoms with van der Waals surface area (Å²) in [6.07, 6.45) is 7.51. The molecule has 1 aromatic heterocycles. The molecule has 1 amide bonds. The van der Waals surface area contributed by atoms with Crippen molar-refractivity contribution in [1.29, 1.82) is 0 Å². The lowest BCUT2D eigenvalue weighted by molar-refractivity contribution is 0.0507. The van der Waals surface area contributed by atoms with Gasteiger partial charge in [0.2, 0.25) is 0 Å². The van der Waals surface area contributed by atoms with Crippen LogP contribution < -0.4 is 15.5 Å². The summed E-state index contributed by atoms with van der Waals surface area (Å²) >= 11 is 0. The molecule has 1 aromatic rings. The Morgan fingerprint density at radius 2 is 1.97 bits per heavy atom. The molecule has 31 heavy (non-hydrogen) atoms. The lowest BCUT2D eigenvalue weighted by Gasteiger charge is -2.24. The van der Waals surface area contributed by atoms with Gasteiger partial charge in [-0.1, -0.05) is 12.8 Å². The van der Waals surface area contributed by atoms with Gasteiger partial charge in [0.05, 0.1) is 6.04 Å². The molecule has 0 spiro atoms. The van der Waals surface area contributed by atoms with Gasteiger partial charge in [0.1, 0.15) is 11.4 Å². The maximum Gasteiger partial charge on any atom is 0.407 e. The lowest BCUT2D eigenvalue weighted by atomic mass is 10.2. The highest BCUT2D eigenvalue weighted by molar-refractivity contribution is 5.80. The Morgan fingerprint density at radius 1 is 1.23 bits per heavy atom. The summed E-state index contributed by atoms with van der Waals surface area (Å²) in [7, 11) is 1.80. The molecule has 0 aliphatic carbocycles. The van der Waals surface area contributed by atoms with Gasteiger partial charge in [0, 0.05) is 46.0 Å². The van der Waals surface area contributed by atoms with E-state index in [9.17, 15) is 4.79 Å². The molecular formula is C23H38N6O2. The van der Waals surface area contributed by atoms with E-state index in [0.717, 1.165) is 37.8 Å². The summed E-state index contributed by atoms with van der Waals surface area (Å²) < 4.78 is 5.37. The highest BCUT2D eigenvalue weighted by atomic mass is 16.6.